The first-order valence-electron chi connectivity index (χ1n) is 4.97. The molecule has 0 aliphatic carbocycles. The molecule has 0 radical (unpaired) electrons. The van der Waals surface area contributed by atoms with E-state index in [2.05, 4.69) is 5.32 Å². The fraction of sp³-hybridized carbons (Fsp3) is 0.455. The number of halogens is 2. The Balaban J connectivity index is 0.00000128. The third-order valence-electron chi connectivity index (χ3n) is 2.48. The molecule has 2 rings (SSSR count). The summed E-state index contributed by atoms with van der Waals surface area (Å²) < 4.78 is 24.0. The molecule has 0 bridgehead atoms. The van der Waals surface area contributed by atoms with E-state index in [9.17, 15) is 4.39 Å². The number of methoxy groups -OCH3 is 1. The van der Waals surface area contributed by atoms with Crippen LogP contribution in [0.4, 0.5) is 4.39 Å². The Morgan fingerprint density at radius 1 is 1.50 bits per heavy atom. The molecule has 3 nitrogen and oxygen atoms in total. The second-order valence-electron chi connectivity index (χ2n) is 3.45. The summed E-state index contributed by atoms with van der Waals surface area (Å²) in [5.74, 6) is 0.253. The van der Waals surface area contributed by atoms with E-state index in [1.54, 1.807) is 12.1 Å². The molecule has 1 N–H and O–H groups in total. The van der Waals surface area contributed by atoms with Crippen molar-refractivity contribution < 1.29 is 13.9 Å². The van der Waals surface area contributed by atoms with Gasteiger partial charge in [0.25, 0.3) is 0 Å². The molecule has 0 aromatic heterocycles. The van der Waals surface area contributed by atoms with Gasteiger partial charge in [0.2, 0.25) is 0 Å². The van der Waals surface area contributed by atoms with Crippen LogP contribution in [0.25, 0.3) is 0 Å². The molecular weight excluding hydrogens is 233 g/mol. The summed E-state index contributed by atoms with van der Waals surface area (Å²) in [6.45, 7) is 2.10. The van der Waals surface area contributed by atoms with E-state index in [0.717, 1.165) is 6.54 Å². The molecule has 1 aliphatic heterocycles. The molecule has 90 valence electrons. The van der Waals surface area contributed by atoms with Gasteiger partial charge in [0.05, 0.1) is 19.8 Å². The lowest BCUT2D eigenvalue weighted by Gasteiger charge is -2.24. The molecule has 1 aromatic carbocycles. The zero-order valence-electron chi connectivity index (χ0n) is 9.03. The number of hydrogen-bond acceptors (Lipinski definition) is 3. The van der Waals surface area contributed by atoms with Gasteiger partial charge >= 0.3 is 0 Å². The van der Waals surface area contributed by atoms with Gasteiger partial charge < -0.3 is 14.8 Å². The van der Waals surface area contributed by atoms with Gasteiger partial charge in [-0.3, -0.25) is 0 Å². The van der Waals surface area contributed by atoms with Crippen molar-refractivity contribution in [2.45, 2.75) is 6.10 Å². The zero-order valence-corrected chi connectivity index (χ0v) is 9.85. The van der Waals surface area contributed by atoms with Crippen molar-refractivity contribution in [3.8, 4) is 5.75 Å². The van der Waals surface area contributed by atoms with Crippen molar-refractivity contribution in [1.82, 2.24) is 5.32 Å². The number of morpholine rings is 1. The van der Waals surface area contributed by atoms with E-state index in [-0.39, 0.29) is 24.3 Å². The van der Waals surface area contributed by atoms with Crippen LogP contribution < -0.4 is 10.1 Å². The van der Waals surface area contributed by atoms with Crippen molar-refractivity contribution in [2.75, 3.05) is 26.8 Å². The quantitative estimate of drug-likeness (QED) is 0.866. The summed E-state index contributed by atoms with van der Waals surface area (Å²) in [6.07, 6.45) is -0.190. The number of rotatable bonds is 2. The molecule has 1 saturated heterocycles. The van der Waals surface area contributed by atoms with E-state index in [4.69, 9.17) is 9.47 Å². The SMILES string of the molecule is COc1ccc(C2CNCCO2)c(F)c1.Cl. The van der Waals surface area contributed by atoms with Crippen LogP contribution in [0.2, 0.25) is 0 Å². The molecule has 0 saturated carbocycles. The fourth-order valence-corrected chi connectivity index (χ4v) is 1.66. The highest BCUT2D eigenvalue weighted by Crippen LogP contribution is 2.24. The van der Waals surface area contributed by atoms with E-state index in [1.807, 2.05) is 0 Å². The number of hydrogen-bond donors (Lipinski definition) is 1. The Hall–Kier alpha value is -0.840. The topological polar surface area (TPSA) is 30.5 Å². The zero-order chi connectivity index (χ0) is 10.7. The lowest BCUT2D eigenvalue weighted by molar-refractivity contribution is 0.0255. The highest BCUT2D eigenvalue weighted by Gasteiger charge is 2.19. The molecule has 1 unspecified atom stereocenters. The largest absolute Gasteiger partial charge is 0.497 e. The monoisotopic (exact) mass is 247 g/mol. The Morgan fingerprint density at radius 3 is 2.88 bits per heavy atom. The van der Waals surface area contributed by atoms with Crippen molar-refractivity contribution in [3.05, 3.63) is 29.6 Å². The van der Waals surface area contributed by atoms with Gasteiger partial charge in [0.15, 0.2) is 0 Å². The molecule has 1 fully saturated rings. The summed E-state index contributed by atoms with van der Waals surface area (Å²) in [5, 5.41) is 3.17. The van der Waals surface area contributed by atoms with Crippen molar-refractivity contribution in [1.29, 1.82) is 0 Å². The van der Waals surface area contributed by atoms with Gasteiger partial charge in [-0.15, -0.1) is 12.4 Å². The van der Waals surface area contributed by atoms with E-state index < -0.39 is 0 Å². The van der Waals surface area contributed by atoms with Gasteiger partial charge in [-0.05, 0) is 12.1 Å². The average molecular weight is 248 g/mol. The van der Waals surface area contributed by atoms with Crippen LogP contribution in [-0.4, -0.2) is 26.8 Å². The predicted molar refractivity (Wildman–Crippen MR) is 61.8 cm³/mol. The number of nitrogens with one attached hydrogen (secondary N) is 1. The van der Waals surface area contributed by atoms with Crippen LogP contribution in [0.3, 0.4) is 0 Å². The Labute approximate surface area is 100 Å². The van der Waals surface area contributed by atoms with Crippen LogP contribution in [0, 0.1) is 5.82 Å². The molecule has 1 atom stereocenters. The number of ether oxygens (including phenoxy) is 2. The minimum absolute atomic E-state index is 0. The van der Waals surface area contributed by atoms with Crippen LogP contribution in [0.5, 0.6) is 5.75 Å². The standard InChI is InChI=1S/C11H14FNO2.ClH/c1-14-8-2-3-9(10(12)6-8)11-7-13-4-5-15-11;/h2-3,6,11,13H,4-5,7H2,1H3;1H. The first-order valence-corrected chi connectivity index (χ1v) is 4.97. The van der Waals surface area contributed by atoms with Gasteiger partial charge in [-0.25, -0.2) is 4.39 Å². The van der Waals surface area contributed by atoms with Gasteiger partial charge in [0.1, 0.15) is 11.6 Å². The Bertz CT molecular complexity index is 343. The molecule has 1 aromatic rings. The Kier molecular flexibility index (Phi) is 4.99. The summed E-state index contributed by atoms with van der Waals surface area (Å²) in [6, 6.07) is 4.84. The minimum atomic E-state index is -0.275. The lowest BCUT2D eigenvalue weighted by atomic mass is 10.1. The third kappa shape index (κ3) is 2.84. The van der Waals surface area contributed by atoms with E-state index in [1.165, 1.54) is 13.2 Å². The van der Waals surface area contributed by atoms with Crippen LogP contribution in [-0.2, 0) is 4.74 Å². The van der Waals surface area contributed by atoms with Gasteiger partial charge in [-0.1, -0.05) is 0 Å². The summed E-state index contributed by atoms with van der Waals surface area (Å²) in [5.41, 5.74) is 0.586. The smallest absolute Gasteiger partial charge is 0.132 e. The Morgan fingerprint density at radius 2 is 2.31 bits per heavy atom. The highest BCUT2D eigenvalue weighted by atomic mass is 35.5. The molecule has 0 amide bonds. The van der Waals surface area contributed by atoms with Crippen molar-refractivity contribution in [2.24, 2.45) is 0 Å². The summed E-state index contributed by atoms with van der Waals surface area (Å²) in [7, 11) is 1.52. The molecule has 16 heavy (non-hydrogen) atoms. The van der Waals surface area contributed by atoms with Gasteiger partial charge in [-0.2, -0.15) is 0 Å². The second kappa shape index (κ2) is 6.03. The molecular formula is C11H15ClFNO2. The molecule has 1 heterocycles. The molecule has 1 aliphatic rings. The van der Waals surface area contributed by atoms with E-state index in [0.29, 0.717) is 24.5 Å². The number of benzene rings is 1. The maximum Gasteiger partial charge on any atom is 0.132 e. The van der Waals surface area contributed by atoms with E-state index >= 15 is 0 Å². The molecule has 0 spiro atoms. The second-order valence-corrected chi connectivity index (χ2v) is 3.45. The van der Waals surface area contributed by atoms with Crippen LogP contribution >= 0.6 is 12.4 Å². The predicted octanol–water partition coefficient (Wildman–Crippen LogP) is 1.92. The maximum atomic E-state index is 13.6. The minimum Gasteiger partial charge on any atom is -0.497 e. The fourth-order valence-electron chi connectivity index (χ4n) is 1.66. The first-order chi connectivity index (χ1) is 7.31. The van der Waals surface area contributed by atoms with Crippen LogP contribution in [0.1, 0.15) is 11.7 Å². The lowest BCUT2D eigenvalue weighted by Crippen LogP contribution is -2.33. The van der Waals surface area contributed by atoms with Gasteiger partial charge in [0, 0.05) is 24.7 Å². The molecule has 5 heteroatoms. The summed E-state index contributed by atoms with van der Waals surface area (Å²) in [4.78, 5) is 0. The summed E-state index contributed by atoms with van der Waals surface area (Å²) >= 11 is 0. The average Bonchev–Trinajstić information content (AvgIpc) is 2.30. The maximum absolute atomic E-state index is 13.6. The van der Waals surface area contributed by atoms with Crippen LogP contribution in [0.15, 0.2) is 18.2 Å². The highest BCUT2D eigenvalue weighted by molar-refractivity contribution is 5.85. The third-order valence-corrected chi connectivity index (χ3v) is 2.48. The van der Waals surface area contributed by atoms with Crippen molar-refractivity contribution >= 4 is 12.4 Å². The first kappa shape index (κ1) is 13.2. The normalized spacial score (nSPS) is 20.0. The van der Waals surface area contributed by atoms with Crippen molar-refractivity contribution in [3.63, 3.8) is 0 Å².